The maximum Gasteiger partial charge on any atom is 0.244 e. The molecule has 1 aliphatic heterocycles. The number of rotatable bonds is 5. The van der Waals surface area contributed by atoms with Crippen molar-refractivity contribution in [2.45, 2.75) is 26.3 Å². The van der Waals surface area contributed by atoms with E-state index >= 15 is 0 Å². The SMILES string of the molecule is CC(C)(C)Nc1cnnc(NCCN2CCOCC2)n1. The van der Waals surface area contributed by atoms with Crippen molar-refractivity contribution in [3.63, 3.8) is 0 Å². The van der Waals surface area contributed by atoms with Crippen LogP contribution in [0.3, 0.4) is 0 Å². The maximum atomic E-state index is 5.32. The normalized spacial score (nSPS) is 16.9. The fraction of sp³-hybridized carbons (Fsp3) is 0.769. The summed E-state index contributed by atoms with van der Waals surface area (Å²) in [6, 6.07) is 0. The molecule has 1 fully saturated rings. The van der Waals surface area contributed by atoms with Gasteiger partial charge in [-0.15, -0.1) is 5.10 Å². The number of morpholine rings is 1. The average Bonchev–Trinajstić information content (AvgIpc) is 2.38. The molecule has 7 heteroatoms. The van der Waals surface area contributed by atoms with Crippen LogP contribution in [0.15, 0.2) is 6.20 Å². The smallest absolute Gasteiger partial charge is 0.244 e. The van der Waals surface area contributed by atoms with E-state index in [-0.39, 0.29) is 5.54 Å². The van der Waals surface area contributed by atoms with Gasteiger partial charge in [-0.2, -0.15) is 10.1 Å². The predicted molar refractivity (Wildman–Crippen MR) is 79.0 cm³/mol. The summed E-state index contributed by atoms with van der Waals surface area (Å²) in [7, 11) is 0. The van der Waals surface area contributed by atoms with E-state index in [1.807, 2.05) is 0 Å². The molecule has 0 unspecified atom stereocenters. The van der Waals surface area contributed by atoms with Gasteiger partial charge in [-0.25, -0.2) is 0 Å². The molecule has 0 aromatic carbocycles. The van der Waals surface area contributed by atoms with E-state index in [1.54, 1.807) is 6.20 Å². The molecule has 2 rings (SSSR count). The standard InChI is InChI=1S/C13H24N6O/c1-13(2,3)17-11-10-15-18-12(16-11)14-4-5-19-6-8-20-9-7-19/h10H,4-9H2,1-3H3,(H2,14,16,17,18). The summed E-state index contributed by atoms with van der Waals surface area (Å²) in [4.78, 5) is 6.76. The molecule has 1 aromatic heterocycles. The highest BCUT2D eigenvalue weighted by molar-refractivity contribution is 5.38. The summed E-state index contributed by atoms with van der Waals surface area (Å²) >= 11 is 0. The lowest BCUT2D eigenvalue weighted by Crippen LogP contribution is -2.39. The van der Waals surface area contributed by atoms with Gasteiger partial charge in [-0.1, -0.05) is 0 Å². The zero-order valence-corrected chi connectivity index (χ0v) is 12.5. The Morgan fingerprint density at radius 2 is 2.05 bits per heavy atom. The molecule has 0 amide bonds. The molecule has 1 aromatic rings. The highest BCUT2D eigenvalue weighted by Crippen LogP contribution is 2.11. The van der Waals surface area contributed by atoms with Crippen LogP contribution in [0.4, 0.5) is 11.8 Å². The Hall–Kier alpha value is -1.47. The fourth-order valence-corrected chi connectivity index (χ4v) is 1.97. The molecule has 20 heavy (non-hydrogen) atoms. The summed E-state index contributed by atoms with van der Waals surface area (Å²) in [5.74, 6) is 1.30. The number of hydrogen-bond acceptors (Lipinski definition) is 7. The number of nitrogens with zero attached hydrogens (tertiary/aromatic N) is 4. The van der Waals surface area contributed by atoms with Gasteiger partial charge in [0.25, 0.3) is 0 Å². The molecule has 0 saturated carbocycles. The minimum Gasteiger partial charge on any atom is -0.379 e. The Labute approximate surface area is 120 Å². The van der Waals surface area contributed by atoms with Crippen molar-refractivity contribution in [3.8, 4) is 0 Å². The van der Waals surface area contributed by atoms with Gasteiger partial charge in [-0.05, 0) is 20.8 Å². The predicted octanol–water partition coefficient (Wildman–Crippen LogP) is 0.826. The Morgan fingerprint density at radius 3 is 2.75 bits per heavy atom. The van der Waals surface area contributed by atoms with Gasteiger partial charge < -0.3 is 15.4 Å². The first-order valence-electron chi connectivity index (χ1n) is 7.05. The van der Waals surface area contributed by atoms with Crippen molar-refractivity contribution >= 4 is 11.8 Å². The van der Waals surface area contributed by atoms with E-state index < -0.39 is 0 Å². The van der Waals surface area contributed by atoms with Crippen LogP contribution in [-0.2, 0) is 4.74 Å². The second kappa shape index (κ2) is 6.81. The lowest BCUT2D eigenvalue weighted by molar-refractivity contribution is 0.0398. The molecule has 0 radical (unpaired) electrons. The van der Waals surface area contributed by atoms with Gasteiger partial charge in [-0.3, -0.25) is 4.90 Å². The monoisotopic (exact) mass is 280 g/mol. The molecule has 0 spiro atoms. The molecule has 2 heterocycles. The van der Waals surface area contributed by atoms with Crippen LogP contribution in [0.5, 0.6) is 0 Å². The molecule has 0 bridgehead atoms. The lowest BCUT2D eigenvalue weighted by Gasteiger charge is -2.26. The van der Waals surface area contributed by atoms with E-state index in [0.717, 1.165) is 45.2 Å². The molecule has 2 N–H and O–H groups in total. The molecule has 1 aliphatic rings. The van der Waals surface area contributed by atoms with Crippen molar-refractivity contribution < 1.29 is 4.74 Å². The van der Waals surface area contributed by atoms with Crippen LogP contribution in [0.2, 0.25) is 0 Å². The number of aromatic nitrogens is 3. The van der Waals surface area contributed by atoms with Crippen LogP contribution < -0.4 is 10.6 Å². The zero-order chi connectivity index (χ0) is 14.4. The maximum absolute atomic E-state index is 5.32. The van der Waals surface area contributed by atoms with Gasteiger partial charge in [0.2, 0.25) is 5.95 Å². The highest BCUT2D eigenvalue weighted by Gasteiger charge is 2.12. The van der Waals surface area contributed by atoms with Crippen molar-refractivity contribution in [1.82, 2.24) is 20.1 Å². The summed E-state index contributed by atoms with van der Waals surface area (Å²) in [6.07, 6.45) is 1.64. The topological polar surface area (TPSA) is 75.2 Å². The first kappa shape index (κ1) is 14.9. The first-order valence-corrected chi connectivity index (χ1v) is 7.05. The Bertz CT molecular complexity index is 414. The lowest BCUT2D eigenvalue weighted by atomic mass is 10.1. The largest absolute Gasteiger partial charge is 0.379 e. The second-order valence-corrected chi connectivity index (χ2v) is 5.92. The first-order chi connectivity index (χ1) is 9.53. The third-order valence-corrected chi connectivity index (χ3v) is 2.88. The van der Waals surface area contributed by atoms with Gasteiger partial charge in [0.1, 0.15) is 0 Å². The van der Waals surface area contributed by atoms with Crippen LogP contribution >= 0.6 is 0 Å². The van der Waals surface area contributed by atoms with E-state index in [0.29, 0.717) is 5.95 Å². The molecular formula is C13H24N6O. The van der Waals surface area contributed by atoms with Gasteiger partial charge in [0.15, 0.2) is 5.82 Å². The minimum atomic E-state index is -0.0406. The minimum absolute atomic E-state index is 0.0406. The molecule has 112 valence electrons. The molecule has 7 nitrogen and oxygen atoms in total. The fourth-order valence-electron chi connectivity index (χ4n) is 1.97. The summed E-state index contributed by atoms with van der Waals surface area (Å²) in [5, 5.41) is 14.5. The molecule has 0 atom stereocenters. The van der Waals surface area contributed by atoms with E-state index in [1.165, 1.54) is 0 Å². The van der Waals surface area contributed by atoms with Crippen LogP contribution in [0.25, 0.3) is 0 Å². The van der Waals surface area contributed by atoms with Crippen molar-refractivity contribution in [2.75, 3.05) is 50.0 Å². The Kier molecular flexibility index (Phi) is 5.08. The Balaban J connectivity index is 1.79. The summed E-state index contributed by atoms with van der Waals surface area (Å²) in [6.45, 7) is 11.6. The van der Waals surface area contributed by atoms with Crippen molar-refractivity contribution in [2.24, 2.45) is 0 Å². The van der Waals surface area contributed by atoms with Crippen molar-refractivity contribution in [1.29, 1.82) is 0 Å². The number of nitrogens with one attached hydrogen (secondary N) is 2. The quantitative estimate of drug-likeness (QED) is 0.827. The van der Waals surface area contributed by atoms with Crippen LogP contribution in [0.1, 0.15) is 20.8 Å². The molecule has 0 aliphatic carbocycles. The van der Waals surface area contributed by atoms with E-state index in [4.69, 9.17) is 4.74 Å². The second-order valence-electron chi connectivity index (χ2n) is 5.92. The highest BCUT2D eigenvalue weighted by atomic mass is 16.5. The zero-order valence-electron chi connectivity index (χ0n) is 12.5. The van der Waals surface area contributed by atoms with Gasteiger partial charge in [0, 0.05) is 31.7 Å². The summed E-state index contributed by atoms with van der Waals surface area (Å²) < 4.78 is 5.32. The average molecular weight is 280 g/mol. The molecule has 1 saturated heterocycles. The van der Waals surface area contributed by atoms with E-state index in [2.05, 4.69) is 51.5 Å². The molecular weight excluding hydrogens is 256 g/mol. The van der Waals surface area contributed by atoms with Gasteiger partial charge in [0.05, 0.1) is 19.4 Å². The number of anilines is 2. The third kappa shape index (κ3) is 5.26. The third-order valence-electron chi connectivity index (χ3n) is 2.88. The van der Waals surface area contributed by atoms with Gasteiger partial charge >= 0.3 is 0 Å². The number of hydrogen-bond donors (Lipinski definition) is 2. The number of ether oxygens (including phenoxy) is 1. The van der Waals surface area contributed by atoms with Crippen LogP contribution in [0, 0.1) is 0 Å². The van der Waals surface area contributed by atoms with Crippen LogP contribution in [-0.4, -0.2) is 65.0 Å². The Morgan fingerprint density at radius 1 is 1.30 bits per heavy atom. The van der Waals surface area contributed by atoms with E-state index in [9.17, 15) is 0 Å². The summed E-state index contributed by atoms with van der Waals surface area (Å²) in [5.41, 5.74) is -0.0406. The van der Waals surface area contributed by atoms with Crippen molar-refractivity contribution in [3.05, 3.63) is 6.20 Å².